The predicted octanol–water partition coefficient (Wildman–Crippen LogP) is 1.76. The molecule has 4 nitrogen and oxygen atoms in total. The molecule has 1 aromatic heterocycles. The lowest BCUT2D eigenvalue weighted by atomic mass is 9.86. The lowest BCUT2D eigenvalue weighted by Crippen LogP contribution is -2.48. The maximum atomic E-state index is 10.8. The molecule has 2 rings (SSSR count). The summed E-state index contributed by atoms with van der Waals surface area (Å²) in [4.78, 5) is 2.44. The molecule has 0 unspecified atom stereocenters. The molecular formula is C15H27N3O. The Morgan fingerprint density at radius 2 is 2.00 bits per heavy atom. The van der Waals surface area contributed by atoms with Gasteiger partial charge in [-0.25, -0.2) is 0 Å². The van der Waals surface area contributed by atoms with E-state index in [1.54, 1.807) is 0 Å². The van der Waals surface area contributed by atoms with Gasteiger partial charge in [0.05, 0.1) is 11.3 Å². The molecule has 0 aromatic carbocycles. The monoisotopic (exact) mass is 265 g/mol. The first kappa shape index (κ1) is 14.5. The second kappa shape index (κ2) is 5.63. The molecule has 0 radical (unpaired) electrons. The highest BCUT2D eigenvalue weighted by molar-refractivity contribution is 5.13. The summed E-state index contributed by atoms with van der Waals surface area (Å²) in [5.74, 6) is 0. The van der Waals surface area contributed by atoms with Crippen LogP contribution in [-0.2, 0) is 19.9 Å². The average molecular weight is 265 g/mol. The summed E-state index contributed by atoms with van der Waals surface area (Å²) in [5.41, 5.74) is 1.71. The van der Waals surface area contributed by atoms with E-state index in [-0.39, 0.29) is 0 Å². The van der Waals surface area contributed by atoms with Crippen LogP contribution in [0.4, 0.5) is 0 Å². The summed E-state index contributed by atoms with van der Waals surface area (Å²) in [6.45, 7) is 8.54. The fourth-order valence-corrected chi connectivity index (χ4v) is 2.88. The molecule has 0 atom stereocenters. The minimum atomic E-state index is -0.551. The summed E-state index contributed by atoms with van der Waals surface area (Å²) < 4.78 is 1.92. The molecule has 1 aromatic rings. The third kappa shape index (κ3) is 3.37. The van der Waals surface area contributed by atoms with Gasteiger partial charge in [-0.1, -0.05) is 6.92 Å². The van der Waals surface area contributed by atoms with Crippen molar-refractivity contribution in [3.05, 3.63) is 17.5 Å². The summed E-state index contributed by atoms with van der Waals surface area (Å²) in [6.07, 6.45) is 3.39. The van der Waals surface area contributed by atoms with Gasteiger partial charge in [-0.15, -0.1) is 0 Å². The van der Waals surface area contributed by atoms with Crippen LogP contribution in [0, 0.1) is 0 Å². The van der Waals surface area contributed by atoms with Crippen molar-refractivity contribution in [2.24, 2.45) is 7.05 Å². The predicted molar refractivity (Wildman–Crippen MR) is 77.2 cm³/mol. The van der Waals surface area contributed by atoms with E-state index in [1.165, 1.54) is 0 Å². The molecule has 0 aliphatic carbocycles. The van der Waals surface area contributed by atoms with Gasteiger partial charge in [0.15, 0.2) is 0 Å². The highest BCUT2D eigenvalue weighted by atomic mass is 16.3. The number of aryl methyl sites for hydroxylation is 2. The van der Waals surface area contributed by atoms with Gasteiger partial charge in [-0.3, -0.25) is 4.68 Å². The zero-order valence-corrected chi connectivity index (χ0v) is 12.7. The van der Waals surface area contributed by atoms with Gasteiger partial charge in [0.1, 0.15) is 0 Å². The van der Waals surface area contributed by atoms with Crippen molar-refractivity contribution in [2.45, 2.75) is 58.1 Å². The number of rotatable bonds is 4. The molecule has 1 aliphatic rings. The Balaban J connectivity index is 2.00. The third-order valence-electron chi connectivity index (χ3n) is 4.36. The Labute approximate surface area is 116 Å². The topological polar surface area (TPSA) is 41.3 Å². The highest BCUT2D eigenvalue weighted by Gasteiger charge is 2.33. The van der Waals surface area contributed by atoms with Gasteiger partial charge in [-0.2, -0.15) is 5.10 Å². The van der Waals surface area contributed by atoms with Crippen LogP contribution in [0.5, 0.6) is 0 Å². The number of hydrogen-bond acceptors (Lipinski definition) is 3. The van der Waals surface area contributed by atoms with Crippen LogP contribution >= 0.6 is 0 Å². The van der Waals surface area contributed by atoms with Crippen molar-refractivity contribution < 1.29 is 5.11 Å². The Morgan fingerprint density at radius 1 is 1.37 bits per heavy atom. The highest BCUT2D eigenvalue weighted by Crippen LogP contribution is 2.27. The van der Waals surface area contributed by atoms with Crippen molar-refractivity contribution in [1.29, 1.82) is 0 Å². The van der Waals surface area contributed by atoms with E-state index < -0.39 is 5.60 Å². The average Bonchev–Trinajstić information content (AvgIpc) is 2.70. The quantitative estimate of drug-likeness (QED) is 0.902. The number of aromatic nitrogens is 2. The first-order valence-electron chi connectivity index (χ1n) is 7.42. The lowest BCUT2D eigenvalue weighted by molar-refractivity contribution is -0.0283. The minimum Gasteiger partial charge on any atom is -0.389 e. The number of piperidine rings is 1. The molecule has 1 saturated heterocycles. The van der Waals surface area contributed by atoms with Gasteiger partial charge < -0.3 is 10.0 Å². The molecule has 0 amide bonds. The first-order valence-corrected chi connectivity index (χ1v) is 7.42. The van der Waals surface area contributed by atoms with Crippen LogP contribution in [0.25, 0.3) is 0 Å². The molecule has 1 N–H and O–H groups in total. The second-order valence-corrected chi connectivity index (χ2v) is 6.14. The van der Waals surface area contributed by atoms with E-state index in [0.29, 0.717) is 6.04 Å². The fraction of sp³-hybridized carbons (Fsp3) is 0.800. The van der Waals surface area contributed by atoms with E-state index in [1.807, 2.05) is 11.7 Å². The van der Waals surface area contributed by atoms with Crippen LogP contribution in [0.2, 0.25) is 0 Å². The maximum Gasteiger partial charge on any atom is 0.0727 e. The standard InChI is InChI=1S/C15H27N3O/c1-5-13-10-14(17(4)16-13)11-15(19)6-8-18(9-7-15)12(2)3/h10,12,19H,5-9,11H2,1-4H3. The van der Waals surface area contributed by atoms with Gasteiger partial charge in [0.25, 0.3) is 0 Å². The van der Waals surface area contributed by atoms with Crippen molar-refractivity contribution in [2.75, 3.05) is 13.1 Å². The molecule has 108 valence electrons. The van der Waals surface area contributed by atoms with Gasteiger partial charge >= 0.3 is 0 Å². The Kier molecular flexibility index (Phi) is 4.31. The SMILES string of the molecule is CCc1cc(CC2(O)CCN(C(C)C)CC2)n(C)n1. The molecular weight excluding hydrogens is 238 g/mol. The molecule has 0 spiro atoms. The molecule has 2 heterocycles. The molecule has 0 bridgehead atoms. The van der Waals surface area contributed by atoms with Crippen molar-refractivity contribution in [1.82, 2.24) is 14.7 Å². The van der Waals surface area contributed by atoms with Crippen molar-refractivity contribution in [3.63, 3.8) is 0 Å². The van der Waals surface area contributed by atoms with E-state index in [9.17, 15) is 5.11 Å². The van der Waals surface area contributed by atoms with Crippen LogP contribution in [-0.4, -0.2) is 44.5 Å². The number of likely N-dealkylation sites (tertiary alicyclic amines) is 1. The largest absolute Gasteiger partial charge is 0.389 e. The number of aliphatic hydroxyl groups is 1. The molecule has 1 fully saturated rings. The van der Waals surface area contributed by atoms with Crippen LogP contribution in [0.3, 0.4) is 0 Å². The maximum absolute atomic E-state index is 10.8. The van der Waals surface area contributed by atoms with E-state index in [2.05, 4.69) is 36.8 Å². The molecule has 1 aliphatic heterocycles. The summed E-state index contributed by atoms with van der Waals surface area (Å²) >= 11 is 0. The Morgan fingerprint density at radius 3 is 2.47 bits per heavy atom. The number of nitrogens with zero attached hydrogens (tertiary/aromatic N) is 3. The van der Waals surface area contributed by atoms with E-state index in [0.717, 1.165) is 50.2 Å². The smallest absolute Gasteiger partial charge is 0.0727 e. The Hall–Kier alpha value is -0.870. The minimum absolute atomic E-state index is 0.551. The van der Waals surface area contributed by atoms with E-state index in [4.69, 9.17) is 0 Å². The zero-order valence-electron chi connectivity index (χ0n) is 12.7. The second-order valence-electron chi connectivity index (χ2n) is 6.14. The lowest BCUT2D eigenvalue weighted by Gasteiger charge is -2.40. The van der Waals surface area contributed by atoms with Gasteiger partial charge in [-0.05, 0) is 39.2 Å². The summed E-state index contributed by atoms with van der Waals surface area (Å²) in [7, 11) is 1.97. The zero-order chi connectivity index (χ0) is 14.0. The van der Waals surface area contributed by atoms with E-state index >= 15 is 0 Å². The first-order chi connectivity index (χ1) is 8.93. The van der Waals surface area contributed by atoms with Crippen molar-refractivity contribution >= 4 is 0 Å². The summed E-state index contributed by atoms with van der Waals surface area (Å²) in [5, 5.41) is 15.2. The summed E-state index contributed by atoms with van der Waals surface area (Å²) in [6, 6.07) is 2.71. The Bertz CT molecular complexity index is 417. The number of hydrogen-bond donors (Lipinski definition) is 1. The van der Waals surface area contributed by atoms with Gasteiger partial charge in [0, 0.05) is 38.3 Å². The molecule has 4 heteroatoms. The molecule has 19 heavy (non-hydrogen) atoms. The van der Waals surface area contributed by atoms with Crippen LogP contribution < -0.4 is 0 Å². The van der Waals surface area contributed by atoms with Crippen molar-refractivity contribution in [3.8, 4) is 0 Å². The van der Waals surface area contributed by atoms with Gasteiger partial charge in [0.2, 0.25) is 0 Å². The van der Waals surface area contributed by atoms with Crippen LogP contribution in [0.15, 0.2) is 6.07 Å². The normalized spacial score (nSPS) is 20.1. The molecule has 0 saturated carbocycles. The third-order valence-corrected chi connectivity index (χ3v) is 4.36. The fourth-order valence-electron chi connectivity index (χ4n) is 2.88. The van der Waals surface area contributed by atoms with Crippen LogP contribution in [0.1, 0.15) is 45.0 Å².